The first-order valence-electron chi connectivity index (χ1n) is 14.6. The van der Waals surface area contributed by atoms with E-state index in [0.29, 0.717) is 45.2 Å². The molecule has 0 saturated heterocycles. The normalized spacial score (nSPS) is 12.9. The fourth-order valence-electron chi connectivity index (χ4n) is 4.52. The Bertz CT molecular complexity index is 574. The average Bonchev–Trinajstić information content (AvgIpc) is 2.85. The molecule has 2 atom stereocenters. The lowest BCUT2D eigenvalue weighted by molar-refractivity contribution is -0.159. The van der Waals surface area contributed by atoms with Crippen LogP contribution in [0.2, 0.25) is 0 Å². The number of nitrogens with two attached hydrogens (primary N) is 3. The molecule has 0 heterocycles. The minimum atomic E-state index is -1.20. The molecule has 0 rings (SSSR count). The van der Waals surface area contributed by atoms with E-state index in [1.807, 2.05) is 0 Å². The number of unbranched alkanes of at least 4 members (excludes halogenated alkanes) is 14. The molecular formula is C28H56N4O4. The lowest BCUT2D eigenvalue weighted by Crippen LogP contribution is -2.54. The van der Waals surface area contributed by atoms with Crippen molar-refractivity contribution in [3.05, 3.63) is 0 Å². The van der Waals surface area contributed by atoms with Gasteiger partial charge in [0, 0.05) is 6.42 Å². The number of carbonyl (C=O) groups is 3. The maximum absolute atomic E-state index is 13.1. The Balaban J connectivity index is 4.56. The van der Waals surface area contributed by atoms with Crippen LogP contribution in [0.4, 0.5) is 0 Å². The van der Waals surface area contributed by atoms with E-state index in [2.05, 4.69) is 6.92 Å². The first-order chi connectivity index (χ1) is 17.4. The highest BCUT2D eigenvalue weighted by Crippen LogP contribution is 2.17. The van der Waals surface area contributed by atoms with Gasteiger partial charge in [-0.15, -0.1) is 0 Å². The summed E-state index contributed by atoms with van der Waals surface area (Å²) >= 11 is 0. The molecule has 8 nitrogen and oxygen atoms in total. The highest BCUT2D eigenvalue weighted by molar-refractivity contribution is 6.01. The lowest BCUT2D eigenvalue weighted by Gasteiger charge is -2.29. The molecule has 0 radical (unpaired) electrons. The van der Waals surface area contributed by atoms with Gasteiger partial charge >= 0.3 is 5.97 Å². The van der Waals surface area contributed by atoms with Crippen LogP contribution in [0.15, 0.2) is 0 Å². The highest BCUT2D eigenvalue weighted by atomic mass is 16.4. The molecular weight excluding hydrogens is 456 g/mol. The molecule has 0 aliphatic carbocycles. The second-order valence-corrected chi connectivity index (χ2v) is 10.1. The van der Waals surface area contributed by atoms with Gasteiger partial charge in [0.1, 0.15) is 6.04 Å². The summed E-state index contributed by atoms with van der Waals surface area (Å²) in [5.41, 5.74) is 17.1. The average molecular weight is 513 g/mol. The molecule has 2 amide bonds. The van der Waals surface area contributed by atoms with Gasteiger partial charge in [0.05, 0.1) is 6.04 Å². The number of imide groups is 1. The van der Waals surface area contributed by atoms with Gasteiger partial charge in [0.15, 0.2) is 0 Å². The maximum atomic E-state index is 13.1. The summed E-state index contributed by atoms with van der Waals surface area (Å²) in [5.74, 6) is -2.20. The predicted octanol–water partition coefficient (Wildman–Crippen LogP) is 4.86. The number of aliphatic carboxylic acids is 1. The zero-order valence-corrected chi connectivity index (χ0v) is 23.1. The van der Waals surface area contributed by atoms with Gasteiger partial charge in [-0.1, -0.05) is 90.4 Å². The molecule has 0 aliphatic rings. The third-order valence-electron chi connectivity index (χ3n) is 6.82. The first kappa shape index (κ1) is 34.5. The SMILES string of the molecule is CCCCCCCCCCCCCCCC(=O)N(C(=O)C(N)CCCCN)C(CCCCN)C(=O)O. The van der Waals surface area contributed by atoms with Crippen LogP contribution in [0.25, 0.3) is 0 Å². The summed E-state index contributed by atoms with van der Waals surface area (Å²) in [4.78, 5) is 39.0. The molecule has 0 aromatic rings. The Hall–Kier alpha value is -1.51. The van der Waals surface area contributed by atoms with Crippen LogP contribution in [0.5, 0.6) is 0 Å². The Morgan fingerprint density at radius 2 is 1.11 bits per heavy atom. The number of rotatable bonds is 25. The minimum Gasteiger partial charge on any atom is -0.480 e. The molecule has 0 saturated carbocycles. The second-order valence-electron chi connectivity index (χ2n) is 10.1. The van der Waals surface area contributed by atoms with E-state index < -0.39 is 29.9 Å². The quantitative estimate of drug-likeness (QED) is 0.127. The van der Waals surface area contributed by atoms with E-state index in [-0.39, 0.29) is 12.8 Å². The van der Waals surface area contributed by atoms with E-state index in [0.717, 1.165) is 30.6 Å². The molecule has 0 aromatic carbocycles. The van der Waals surface area contributed by atoms with Crippen molar-refractivity contribution in [1.82, 2.24) is 4.90 Å². The van der Waals surface area contributed by atoms with Crippen LogP contribution in [0, 0.1) is 0 Å². The largest absolute Gasteiger partial charge is 0.480 e. The van der Waals surface area contributed by atoms with Crippen LogP contribution in [-0.2, 0) is 14.4 Å². The van der Waals surface area contributed by atoms with Gasteiger partial charge in [-0.25, -0.2) is 4.79 Å². The van der Waals surface area contributed by atoms with Crippen LogP contribution in [0.1, 0.15) is 135 Å². The van der Waals surface area contributed by atoms with Crippen molar-refractivity contribution in [3.8, 4) is 0 Å². The topological polar surface area (TPSA) is 153 Å². The van der Waals surface area contributed by atoms with Crippen molar-refractivity contribution in [1.29, 1.82) is 0 Å². The number of carboxylic acid groups (broad SMARTS) is 1. The summed E-state index contributed by atoms with van der Waals surface area (Å²) in [5, 5.41) is 9.79. The molecule has 0 aliphatic heterocycles. The van der Waals surface area contributed by atoms with Gasteiger partial charge < -0.3 is 22.3 Å². The summed E-state index contributed by atoms with van der Waals surface area (Å²) < 4.78 is 0. The van der Waals surface area contributed by atoms with Crippen LogP contribution in [0.3, 0.4) is 0 Å². The van der Waals surface area contributed by atoms with Crippen LogP contribution < -0.4 is 17.2 Å². The molecule has 212 valence electrons. The van der Waals surface area contributed by atoms with Crippen molar-refractivity contribution >= 4 is 17.8 Å². The number of nitrogens with zero attached hydrogens (tertiary/aromatic N) is 1. The Labute approximate surface area is 220 Å². The predicted molar refractivity (Wildman–Crippen MR) is 147 cm³/mol. The van der Waals surface area contributed by atoms with E-state index in [4.69, 9.17) is 17.2 Å². The summed E-state index contributed by atoms with van der Waals surface area (Å²) in [6.45, 7) is 3.18. The monoisotopic (exact) mass is 512 g/mol. The molecule has 0 aromatic heterocycles. The molecule has 0 spiro atoms. The fraction of sp³-hybridized carbons (Fsp3) is 0.893. The summed E-state index contributed by atoms with van der Waals surface area (Å²) in [6.07, 6.45) is 18.9. The third kappa shape index (κ3) is 17.0. The van der Waals surface area contributed by atoms with E-state index in [1.165, 1.54) is 57.8 Å². The van der Waals surface area contributed by atoms with E-state index in [9.17, 15) is 19.5 Å². The van der Waals surface area contributed by atoms with E-state index >= 15 is 0 Å². The Kier molecular flexibility index (Phi) is 22.9. The van der Waals surface area contributed by atoms with E-state index in [1.54, 1.807) is 0 Å². The summed E-state index contributed by atoms with van der Waals surface area (Å²) in [7, 11) is 0. The van der Waals surface area contributed by atoms with Crippen molar-refractivity contribution < 1.29 is 19.5 Å². The van der Waals surface area contributed by atoms with Gasteiger partial charge in [-0.2, -0.15) is 0 Å². The number of hydrogen-bond donors (Lipinski definition) is 4. The standard InChI is InChI=1S/C28H56N4O4/c1-2-3-4-5-6-7-8-9-10-11-12-13-14-21-26(33)32(25(28(35)36)20-16-18-23-30)27(34)24(31)19-15-17-22-29/h24-25H,2-23,29-31H2,1H3,(H,35,36). The zero-order chi connectivity index (χ0) is 27.0. The lowest BCUT2D eigenvalue weighted by atomic mass is 10.0. The van der Waals surface area contributed by atoms with Crippen molar-refractivity contribution in [2.24, 2.45) is 17.2 Å². The van der Waals surface area contributed by atoms with Gasteiger partial charge in [0.2, 0.25) is 11.8 Å². The van der Waals surface area contributed by atoms with Gasteiger partial charge in [-0.3, -0.25) is 14.5 Å². The molecule has 36 heavy (non-hydrogen) atoms. The second kappa shape index (κ2) is 23.9. The zero-order valence-electron chi connectivity index (χ0n) is 23.1. The number of hydrogen-bond acceptors (Lipinski definition) is 6. The molecule has 0 bridgehead atoms. The smallest absolute Gasteiger partial charge is 0.326 e. The Morgan fingerprint density at radius 1 is 0.667 bits per heavy atom. The van der Waals surface area contributed by atoms with Crippen molar-refractivity contribution in [3.63, 3.8) is 0 Å². The molecule has 8 heteroatoms. The number of carbonyl (C=O) groups excluding carboxylic acids is 2. The molecule has 7 N–H and O–H groups in total. The van der Waals surface area contributed by atoms with Crippen LogP contribution >= 0.6 is 0 Å². The molecule has 0 fully saturated rings. The third-order valence-corrected chi connectivity index (χ3v) is 6.82. The van der Waals surface area contributed by atoms with Crippen molar-refractivity contribution in [2.45, 2.75) is 147 Å². The first-order valence-corrected chi connectivity index (χ1v) is 14.6. The fourth-order valence-corrected chi connectivity index (χ4v) is 4.52. The van der Waals surface area contributed by atoms with Gasteiger partial charge in [0.25, 0.3) is 0 Å². The minimum absolute atomic E-state index is 0.166. The molecule has 2 unspecified atom stereocenters. The maximum Gasteiger partial charge on any atom is 0.326 e. The highest BCUT2D eigenvalue weighted by Gasteiger charge is 2.36. The number of amides is 2. The van der Waals surface area contributed by atoms with Gasteiger partial charge in [-0.05, 0) is 51.6 Å². The number of carboxylic acids is 1. The Morgan fingerprint density at radius 3 is 1.56 bits per heavy atom. The summed E-state index contributed by atoms with van der Waals surface area (Å²) in [6, 6.07) is -2.09. The van der Waals surface area contributed by atoms with Crippen molar-refractivity contribution in [2.75, 3.05) is 13.1 Å². The van der Waals surface area contributed by atoms with Crippen LogP contribution in [-0.4, -0.2) is 53.0 Å².